The van der Waals surface area contributed by atoms with Gasteiger partial charge in [0.15, 0.2) is 0 Å². The highest BCUT2D eigenvalue weighted by molar-refractivity contribution is 5.29. The van der Waals surface area contributed by atoms with Gasteiger partial charge in [0.1, 0.15) is 17.4 Å². The van der Waals surface area contributed by atoms with Crippen molar-refractivity contribution in [2.24, 2.45) is 0 Å². The maximum atomic E-state index is 9.36. The highest BCUT2D eigenvalue weighted by atomic mass is 16.5. The van der Waals surface area contributed by atoms with E-state index in [-0.39, 0.29) is 6.10 Å². The number of nitrogens with zero attached hydrogens (tertiary/aromatic N) is 1. The van der Waals surface area contributed by atoms with E-state index in [1.807, 2.05) is 19.1 Å². The lowest BCUT2D eigenvalue weighted by Crippen LogP contribution is -2.42. The minimum atomic E-state index is -0.392. The molecule has 108 valence electrons. The van der Waals surface area contributed by atoms with Crippen LogP contribution in [0.5, 0.6) is 5.75 Å². The lowest BCUT2D eigenvalue weighted by atomic mass is 10.00. The van der Waals surface area contributed by atoms with Crippen molar-refractivity contribution < 1.29 is 4.74 Å². The fourth-order valence-electron chi connectivity index (χ4n) is 2.86. The summed E-state index contributed by atoms with van der Waals surface area (Å²) in [6, 6.07) is 10.7. The van der Waals surface area contributed by atoms with Crippen molar-refractivity contribution in [3.8, 4) is 11.8 Å². The lowest BCUT2D eigenvalue weighted by molar-refractivity contribution is 0.201. The first-order valence-corrected chi connectivity index (χ1v) is 7.51. The maximum Gasteiger partial charge on any atom is 0.119 e. The highest BCUT2D eigenvalue weighted by Crippen LogP contribution is 2.32. The zero-order valence-electron chi connectivity index (χ0n) is 12.6. The van der Waals surface area contributed by atoms with E-state index in [9.17, 15) is 5.26 Å². The number of ether oxygens (including phenoxy) is 1. The molecule has 2 unspecified atom stereocenters. The number of hydrogen-bond donors (Lipinski definition) is 1. The van der Waals surface area contributed by atoms with Crippen LogP contribution in [-0.4, -0.2) is 18.2 Å². The Morgan fingerprint density at radius 1 is 1.40 bits per heavy atom. The second-order valence-electron chi connectivity index (χ2n) is 5.93. The number of hydrogen-bond acceptors (Lipinski definition) is 3. The van der Waals surface area contributed by atoms with Crippen LogP contribution in [-0.2, 0) is 0 Å². The molecule has 2 rings (SSSR count). The summed E-state index contributed by atoms with van der Waals surface area (Å²) in [4.78, 5) is 0. The average molecular weight is 272 g/mol. The van der Waals surface area contributed by atoms with Gasteiger partial charge < -0.3 is 4.74 Å². The molecule has 3 nitrogen and oxygen atoms in total. The molecule has 0 radical (unpaired) electrons. The molecule has 1 aliphatic carbocycles. The van der Waals surface area contributed by atoms with Gasteiger partial charge >= 0.3 is 0 Å². The van der Waals surface area contributed by atoms with Crippen LogP contribution in [0, 0.1) is 11.3 Å². The lowest BCUT2D eigenvalue weighted by Gasteiger charge is -2.22. The van der Waals surface area contributed by atoms with Crippen LogP contribution in [0.4, 0.5) is 0 Å². The summed E-state index contributed by atoms with van der Waals surface area (Å²) in [7, 11) is 0. The Balaban J connectivity index is 1.97. The van der Waals surface area contributed by atoms with Crippen molar-refractivity contribution >= 4 is 0 Å². The van der Waals surface area contributed by atoms with Gasteiger partial charge in [0, 0.05) is 6.42 Å². The molecule has 0 amide bonds. The van der Waals surface area contributed by atoms with Crippen LogP contribution < -0.4 is 10.1 Å². The van der Waals surface area contributed by atoms with Gasteiger partial charge in [-0.2, -0.15) is 5.26 Å². The summed E-state index contributed by atoms with van der Waals surface area (Å²) in [6.45, 7) is 7.23. The van der Waals surface area contributed by atoms with Crippen molar-refractivity contribution in [3.63, 3.8) is 0 Å². The van der Waals surface area contributed by atoms with Crippen LogP contribution in [0.2, 0.25) is 0 Å². The van der Waals surface area contributed by atoms with E-state index in [0.717, 1.165) is 31.6 Å². The SMILES string of the molecule is CCNC1(C#N)CCC(Oc2ccc(C(C)C)cc2)C1. The predicted octanol–water partition coefficient (Wildman–Crippen LogP) is 3.61. The van der Waals surface area contributed by atoms with Gasteiger partial charge in [0.05, 0.1) is 6.07 Å². The molecule has 3 heteroatoms. The van der Waals surface area contributed by atoms with Gasteiger partial charge in [0.2, 0.25) is 0 Å². The van der Waals surface area contributed by atoms with E-state index >= 15 is 0 Å². The minimum absolute atomic E-state index is 0.138. The first-order chi connectivity index (χ1) is 9.58. The van der Waals surface area contributed by atoms with Crippen molar-refractivity contribution in [1.29, 1.82) is 5.26 Å². The van der Waals surface area contributed by atoms with Crippen LogP contribution in [0.25, 0.3) is 0 Å². The second kappa shape index (κ2) is 6.28. The number of benzene rings is 1. The molecule has 0 spiro atoms. The van der Waals surface area contributed by atoms with E-state index < -0.39 is 5.54 Å². The summed E-state index contributed by atoms with van der Waals surface area (Å²) in [5.74, 6) is 1.44. The number of nitrogens with one attached hydrogen (secondary N) is 1. The molecule has 0 heterocycles. The van der Waals surface area contributed by atoms with Crippen molar-refractivity contribution in [2.45, 2.75) is 57.6 Å². The zero-order chi connectivity index (χ0) is 14.6. The van der Waals surface area contributed by atoms with E-state index in [4.69, 9.17) is 4.74 Å². The Morgan fingerprint density at radius 3 is 2.65 bits per heavy atom. The Labute approximate surface area is 121 Å². The van der Waals surface area contributed by atoms with Gasteiger partial charge in [-0.15, -0.1) is 0 Å². The third-order valence-electron chi connectivity index (χ3n) is 4.05. The van der Waals surface area contributed by atoms with E-state index in [2.05, 4.69) is 37.4 Å². The Hall–Kier alpha value is -1.53. The fraction of sp³-hybridized carbons (Fsp3) is 0.588. The second-order valence-corrected chi connectivity index (χ2v) is 5.93. The topological polar surface area (TPSA) is 45.0 Å². The van der Waals surface area contributed by atoms with E-state index in [0.29, 0.717) is 5.92 Å². The summed E-state index contributed by atoms with van der Waals surface area (Å²) in [6.07, 6.45) is 2.71. The molecule has 0 bridgehead atoms. The third-order valence-corrected chi connectivity index (χ3v) is 4.05. The molecule has 20 heavy (non-hydrogen) atoms. The number of rotatable bonds is 5. The molecule has 2 atom stereocenters. The van der Waals surface area contributed by atoms with Gasteiger partial charge in [-0.25, -0.2) is 0 Å². The van der Waals surface area contributed by atoms with Gasteiger partial charge in [0.25, 0.3) is 0 Å². The third kappa shape index (κ3) is 3.32. The quantitative estimate of drug-likeness (QED) is 0.890. The van der Waals surface area contributed by atoms with Crippen LogP contribution in [0.15, 0.2) is 24.3 Å². The van der Waals surface area contributed by atoms with Crippen molar-refractivity contribution in [1.82, 2.24) is 5.32 Å². The zero-order valence-corrected chi connectivity index (χ0v) is 12.6. The summed E-state index contributed by atoms with van der Waals surface area (Å²) >= 11 is 0. The molecule has 1 fully saturated rings. The molecule has 1 aromatic carbocycles. The smallest absolute Gasteiger partial charge is 0.119 e. The van der Waals surface area contributed by atoms with Gasteiger partial charge in [-0.3, -0.25) is 5.32 Å². The normalized spacial score (nSPS) is 25.6. The van der Waals surface area contributed by atoms with Gasteiger partial charge in [-0.1, -0.05) is 32.9 Å². The predicted molar refractivity (Wildman–Crippen MR) is 80.8 cm³/mol. The molecule has 1 aromatic rings. The average Bonchev–Trinajstić information content (AvgIpc) is 2.83. The first-order valence-electron chi connectivity index (χ1n) is 7.51. The molecule has 0 aliphatic heterocycles. The molecular weight excluding hydrogens is 248 g/mol. The monoisotopic (exact) mass is 272 g/mol. The summed E-state index contributed by atoms with van der Waals surface area (Å²) in [5.41, 5.74) is 0.930. The van der Waals surface area contributed by atoms with Crippen molar-refractivity contribution in [3.05, 3.63) is 29.8 Å². The van der Waals surface area contributed by atoms with Crippen LogP contribution in [0.3, 0.4) is 0 Å². The first kappa shape index (κ1) is 14.9. The molecule has 1 aliphatic rings. The molecule has 1 N–H and O–H groups in total. The minimum Gasteiger partial charge on any atom is -0.490 e. The molecule has 0 aromatic heterocycles. The maximum absolute atomic E-state index is 9.36. The summed E-state index contributed by atoms with van der Waals surface area (Å²) in [5, 5.41) is 12.7. The molecular formula is C17H24N2O. The Bertz CT molecular complexity index is 475. The number of nitriles is 1. The van der Waals surface area contributed by atoms with Gasteiger partial charge in [-0.05, 0) is 43.0 Å². The van der Waals surface area contributed by atoms with E-state index in [1.54, 1.807) is 0 Å². The molecule has 0 saturated heterocycles. The largest absolute Gasteiger partial charge is 0.490 e. The fourth-order valence-corrected chi connectivity index (χ4v) is 2.86. The standard InChI is InChI=1S/C17H24N2O/c1-4-19-17(12-18)10-9-16(11-17)20-15-7-5-14(6-8-15)13(2)3/h5-8,13,16,19H,4,9-11H2,1-3H3. The summed E-state index contributed by atoms with van der Waals surface area (Å²) < 4.78 is 6.02. The molecule has 1 saturated carbocycles. The Morgan fingerprint density at radius 2 is 2.10 bits per heavy atom. The van der Waals surface area contributed by atoms with Crippen LogP contribution >= 0.6 is 0 Å². The Kier molecular flexibility index (Phi) is 4.67. The van der Waals surface area contributed by atoms with E-state index in [1.165, 1.54) is 5.56 Å². The van der Waals surface area contributed by atoms with Crippen molar-refractivity contribution in [2.75, 3.05) is 6.54 Å². The van der Waals surface area contributed by atoms with Crippen LogP contribution in [0.1, 0.15) is 51.5 Å². The highest BCUT2D eigenvalue weighted by Gasteiger charge is 2.39.